The Labute approximate surface area is 110 Å². The molecular formula is C14H12ClNO2. The molecule has 0 radical (unpaired) electrons. The van der Waals surface area contributed by atoms with E-state index < -0.39 is 0 Å². The van der Waals surface area contributed by atoms with Crippen LogP contribution in [0, 0.1) is 0 Å². The van der Waals surface area contributed by atoms with Crippen molar-refractivity contribution in [1.82, 2.24) is 0 Å². The summed E-state index contributed by atoms with van der Waals surface area (Å²) in [6, 6.07) is 11.8. The molecule has 2 aromatic carbocycles. The molecule has 0 aliphatic rings. The van der Waals surface area contributed by atoms with Crippen LogP contribution in [0.3, 0.4) is 0 Å². The summed E-state index contributed by atoms with van der Waals surface area (Å²) >= 11 is 5.80. The molecule has 2 rings (SSSR count). The third-order valence-corrected chi connectivity index (χ3v) is 2.83. The lowest BCUT2D eigenvalue weighted by molar-refractivity contribution is 0.103. The van der Waals surface area contributed by atoms with Crippen molar-refractivity contribution in [3.8, 4) is 5.75 Å². The maximum atomic E-state index is 12.3. The Morgan fingerprint density at radius 2 is 2.00 bits per heavy atom. The minimum Gasteiger partial charge on any atom is -0.497 e. The van der Waals surface area contributed by atoms with Crippen LogP contribution in [0.2, 0.25) is 5.02 Å². The van der Waals surface area contributed by atoms with Gasteiger partial charge < -0.3 is 10.5 Å². The summed E-state index contributed by atoms with van der Waals surface area (Å²) in [5.74, 6) is 0.483. The van der Waals surface area contributed by atoms with Crippen LogP contribution < -0.4 is 10.5 Å². The van der Waals surface area contributed by atoms with Crippen LogP contribution in [-0.2, 0) is 0 Å². The van der Waals surface area contributed by atoms with Gasteiger partial charge in [0.05, 0.1) is 7.11 Å². The van der Waals surface area contributed by atoms with E-state index in [1.165, 1.54) is 0 Å². The number of benzene rings is 2. The molecule has 0 saturated carbocycles. The van der Waals surface area contributed by atoms with Crippen LogP contribution in [-0.4, -0.2) is 12.9 Å². The molecule has 0 fully saturated rings. The van der Waals surface area contributed by atoms with Crippen molar-refractivity contribution in [1.29, 1.82) is 0 Å². The van der Waals surface area contributed by atoms with Crippen LogP contribution in [0.4, 0.5) is 5.69 Å². The van der Waals surface area contributed by atoms with Crippen molar-refractivity contribution in [2.75, 3.05) is 12.8 Å². The van der Waals surface area contributed by atoms with Gasteiger partial charge in [0.2, 0.25) is 0 Å². The van der Waals surface area contributed by atoms with E-state index in [-0.39, 0.29) is 5.78 Å². The zero-order chi connectivity index (χ0) is 13.1. The molecule has 0 heterocycles. The molecule has 0 aromatic heterocycles. The summed E-state index contributed by atoms with van der Waals surface area (Å²) in [5, 5.41) is 0.509. The summed E-state index contributed by atoms with van der Waals surface area (Å²) < 4.78 is 5.09. The average molecular weight is 262 g/mol. The molecule has 0 amide bonds. The number of anilines is 1. The fourth-order valence-electron chi connectivity index (χ4n) is 1.66. The highest BCUT2D eigenvalue weighted by Gasteiger charge is 2.13. The van der Waals surface area contributed by atoms with E-state index in [0.29, 0.717) is 27.6 Å². The molecule has 0 aliphatic carbocycles. The zero-order valence-electron chi connectivity index (χ0n) is 9.81. The Kier molecular flexibility index (Phi) is 3.53. The van der Waals surface area contributed by atoms with Gasteiger partial charge in [0.1, 0.15) is 5.75 Å². The molecule has 4 heteroatoms. The van der Waals surface area contributed by atoms with Gasteiger partial charge in [-0.2, -0.15) is 0 Å². The van der Waals surface area contributed by atoms with Crippen LogP contribution >= 0.6 is 11.6 Å². The quantitative estimate of drug-likeness (QED) is 0.682. The molecule has 2 aromatic rings. The van der Waals surface area contributed by atoms with Gasteiger partial charge in [0, 0.05) is 21.8 Å². The Morgan fingerprint density at radius 1 is 1.22 bits per heavy atom. The molecule has 0 spiro atoms. The van der Waals surface area contributed by atoms with Crippen molar-refractivity contribution in [2.45, 2.75) is 0 Å². The summed E-state index contributed by atoms with van der Waals surface area (Å²) in [5.41, 5.74) is 7.13. The van der Waals surface area contributed by atoms with Gasteiger partial charge in [-0.15, -0.1) is 0 Å². The van der Waals surface area contributed by atoms with Crippen molar-refractivity contribution in [3.05, 3.63) is 58.6 Å². The first-order chi connectivity index (χ1) is 8.61. The predicted octanol–water partition coefficient (Wildman–Crippen LogP) is 3.16. The van der Waals surface area contributed by atoms with Gasteiger partial charge in [0.15, 0.2) is 5.78 Å². The SMILES string of the molecule is COc1cccc(C(=O)c2ccc(Cl)cc2N)c1. The first-order valence-electron chi connectivity index (χ1n) is 5.35. The zero-order valence-corrected chi connectivity index (χ0v) is 10.6. The Morgan fingerprint density at radius 3 is 2.67 bits per heavy atom. The van der Waals surface area contributed by atoms with Gasteiger partial charge >= 0.3 is 0 Å². The lowest BCUT2D eigenvalue weighted by atomic mass is 10.0. The molecular weight excluding hydrogens is 250 g/mol. The fraction of sp³-hybridized carbons (Fsp3) is 0.0714. The number of ketones is 1. The van der Waals surface area contributed by atoms with Gasteiger partial charge in [-0.25, -0.2) is 0 Å². The number of carbonyl (C=O) groups is 1. The Bertz CT molecular complexity index is 596. The summed E-state index contributed by atoms with van der Waals surface area (Å²) in [4.78, 5) is 12.3. The lowest BCUT2D eigenvalue weighted by Crippen LogP contribution is -2.05. The van der Waals surface area contributed by atoms with Crippen molar-refractivity contribution < 1.29 is 9.53 Å². The maximum absolute atomic E-state index is 12.3. The topological polar surface area (TPSA) is 52.3 Å². The van der Waals surface area contributed by atoms with Gasteiger partial charge in [-0.05, 0) is 30.3 Å². The molecule has 0 atom stereocenters. The van der Waals surface area contributed by atoms with Gasteiger partial charge in [0.25, 0.3) is 0 Å². The van der Waals surface area contributed by atoms with Crippen molar-refractivity contribution in [2.24, 2.45) is 0 Å². The molecule has 0 unspecified atom stereocenters. The number of methoxy groups -OCH3 is 1. The number of rotatable bonds is 3. The second-order valence-electron chi connectivity index (χ2n) is 3.79. The highest BCUT2D eigenvalue weighted by Crippen LogP contribution is 2.22. The van der Waals surface area contributed by atoms with E-state index in [0.717, 1.165) is 0 Å². The number of nitrogens with two attached hydrogens (primary N) is 1. The number of hydrogen-bond acceptors (Lipinski definition) is 3. The van der Waals surface area contributed by atoms with E-state index in [1.807, 2.05) is 0 Å². The van der Waals surface area contributed by atoms with E-state index >= 15 is 0 Å². The molecule has 0 bridgehead atoms. The van der Waals surface area contributed by atoms with Gasteiger partial charge in [-0.1, -0.05) is 23.7 Å². The van der Waals surface area contributed by atoms with Crippen molar-refractivity contribution >= 4 is 23.1 Å². The molecule has 18 heavy (non-hydrogen) atoms. The van der Waals surface area contributed by atoms with E-state index in [2.05, 4.69) is 0 Å². The third-order valence-electron chi connectivity index (χ3n) is 2.59. The number of halogens is 1. The number of carbonyl (C=O) groups excluding carboxylic acids is 1. The minimum atomic E-state index is -0.150. The maximum Gasteiger partial charge on any atom is 0.195 e. The van der Waals surface area contributed by atoms with E-state index in [1.54, 1.807) is 49.6 Å². The summed E-state index contributed by atoms with van der Waals surface area (Å²) in [6.07, 6.45) is 0. The highest BCUT2D eigenvalue weighted by molar-refractivity contribution is 6.31. The average Bonchev–Trinajstić information content (AvgIpc) is 2.38. The largest absolute Gasteiger partial charge is 0.497 e. The number of nitrogen functional groups attached to an aromatic ring is 1. The molecule has 92 valence electrons. The second-order valence-corrected chi connectivity index (χ2v) is 4.23. The first kappa shape index (κ1) is 12.5. The smallest absolute Gasteiger partial charge is 0.195 e. The molecule has 0 saturated heterocycles. The second kappa shape index (κ2) is 5.10. The Hall–Kier alpha value is -2.00. The van der Waals surface area contributed by atoms with Gasteiger partial charge in [-0.3, -0.25) is 4.79 Å². The monoisotopic (exact) mass is 261 g/mol. The van der Waals surface area contributed by atoms with Crippen molar-refractivity contribution in [3.63, 3.8) is 0 Å². The standard InChI is InChI=1S/C14H12ClNO2/c1-18-11-4-2-3-9(7-11)14(17)12-6-5-10(15)8-13(12)16/h2-8H,16H2,1H3. The third kappa shape index (κ3) is 2.46. The van der Waals surface area contributed by atoms with Crippen LogP contribution in [0.5, 0.6) is 5.75 Å². The minimum absolute atomic E-state index is 0.150. The molecule has 3 nitrogen and oxygen atoms in total. The number of ether oxygens (including phenoxy) is 1. The van der Waals surface area contributed by atoms with Crippen LogP contribution in [0.1, 0.15) is 15.9 Å². The first-order valence-corrected chi connectivity index (χ1v) is 5.73. The normalized spacial score (nSPS) is 10.1. The Balaban J connectivity index is 2.41. The highest BCUT2D eigenvalue weighted by atomic mass is 35.5. The van der Waals surface area contributed by atoms with E-state index in [4.69, 9.17) is 22.1 Å². The van der Waals surface area contributed by atoms with Crippen LogP contribution in [0.25, 0.3) is 0 Å². The lowest BCUT2D eigenvalue weighted by Gasteiger charge is -2.06. The summed E-state index contributed by atoms with van der Waals surface area (Å²) in [6.45, 7) is 0. The fourth-order valence-corrected chi connectivity index (χ4v) is 1.84. The van der Waals surface area contributed by atoms with E-state index in [9.17, 15) is 4.79 Å². The molecule has 2 N–H and O–H groups in total. The molecule has 0 aliphatic heterocycles. The number of hydrogen-bond donors (Lipinski definition) is 1. The predicted molar refractivity (Wildman–Crippen MR) is 72.3 cm³/mol. The van der Waals surface area contributed by atoms with Crippen LogP contribution in [0.15, 0.2) is 42.5 Å². The summed E-state index contributed by atoms with van der Waals surface area (Å²) in [7, 11) is 1.56.